The molecule has 0 aromatic carbocycles. The summed E-state index contributed by atoms with van der Waals surface area (Å²) in [6, 6.07) is 0. The highest BCUT2D eigenvalue weighted by atomic mass is 19.4. The number of fused-ring (bicyclic) bond motifs is 1. The van der Waals surface area contributed by atoms with Crippen molar-refractivity contribution < 1.29 is 40.6 Å². The van der Waals surface area contributed by atoms with E-state index in [-0.39, 0.29) is 56.1 Å². The Morgan fingerprint density at radius 1 is 1.09 bits per heavy atom. The van der Waals surface area contributed by atoms with Crippen molar-refractivity contribution in [2.24, 2.45) is 11.8 Å². The van der Waals surface area contributed by atoms with Gasteiger partial charge < -0.3 is 14.5 Å². The van der Waals surface area contributed by atoms with Crippen LogP contribution in [0.2, 0.25) is 0 Å². The van der Waals surface area contributed by atoms with Gasteiger partial charge in [0.15, 0.2) is 5.60 Å². The van der Waals surface area contributed by atoms with Gasteiger partial charge in [0.25, 0.3) is 5.92 Å². The van der Waals surface area contributed by atoms with E-state index in [9.17, 15) is 26.7 Å². The summed E-state index contributed by atoms with van der Waals surface area (Å²) in [5.74, 6) is -3.94. The molecule has 1 aromatic rings. The lowest BCUT2D eigenvalue weighted by molar-refractivity contribution is -0.387. The van der Waals surface area contributed by atoms with E-state index in [1.165, 1.54) is 0 Å². The smallest absolute Gasteiger partial charge is 0.421 e. The fourth-order valence-corrected chi connectivity index (χ4v) is 6.28. The second kappa shape index (κ2) is 6.19. The van der Waals surface area contributed by atoms with E-state index in [0.29, 0.717) is 25.7 Å². The molecule has 1 amide bonds. The molecule has 176 valence electrons. The quantitative estimate of drug-likeness (QED) is 0.625. The summed E-state index contributed by atoms with van der Waals surface area (Å²) in [7, 11) is 0. The molecule has 1 aromatic heterocycles. The molecule has 6 aliphatic rings. The zero-order valence-electron chi connectivity index (χ0n) is 17.0. The van der Waals surface area contributed by atoms with E-state index in [4.69, 9.17) is 9.15 Å². The molecular formula is C20H22F5N3O4. The fraction of sp³-hybridized carbons (Fsp3) is 0.850. The lowest BCUT2D eigenvalue weighted by Crippen LogP contribution is -2.77. The molecule has 1 heterocycles. The van der Waals surface area contributed by atoms with Crippen molar-refractivity contribution in [2.75, 3.05) is 6.61 Å². The molecule has 0 aliphatic heterocycles. The highest BCUT2D eigenvalue weighted by molar-refractivity contribution is 5.79. The number of hydrogen-bond donors (Lipinski definition) is 1. The number of rotatable bonds is 7. The number of alkyl halides is 5. The van der Waals surface area contributed by atoms with E-state index in [0.717, 1.165) is 0 Å². The zero-order valence-corrected chi connectivity index (χ0v) is 17.0. The van der Waals surface area contributed by atoms with Crippen LogP contribution in [0.15, 0.2) is 4.42 Å². The summed E-state index contributed by atoms with van der Waals surface area (Å²) in [5.41, 5.74) is -2.43. The van der Waals surface area contributed by atoms with Crippen molar-refractivity contribution in [3.05, 3.63) is 11.8 Å². The van der Waals surface area contributed by atoms with Crippen LogP contribution in [0.3, 0.4) is 0 Å². The highest BCUT2D eigenvalue weighted by Gasteiger charge is 2.73. The molecule has 1 N–H and O–H groups in total. The molecule has 0 spiro atoms. The number of amides is 1. The Morgan fingerprint density at radius 2 is 1.72 bits per heavy atom. The van der Waals surface area contributed by atoms with Crippen LogP contribution in [-0.4, -0.2) is 46.6 Å². The Labute approximate surface area is 179 Å². The highest BCUT2D eigenvalue weighted by Crippen LogP contribution is 2.68. The first-order valence-corrected chi connectivity index (χ1v) is 10.9. The van der Waals surface area contributed by atoms with Crippen LogP contribution in [0.25, 0.3) is 0 Å². The van der Waals surface area contributed by atoms with Gasteiger partial charge in [-0.3, -0.25) is 9.53 Å². The molecule has 32 heavy (non-hydrogen) atoms. The summed E-state index contributed by atoms with van der Waals surface area (Å²) in [6.45, 7) is -0.174. The molecule has 2 bridgehead atoms. The van der Waals surface area contributed by atoms with Gasteiger partial charge in [-0.1, -0.05) is 0 Å². The summed E-state index contributed by atoms with van der Waals surface area (Å²) in [5, 5.41) is 10.8. The van der Waals surface area contributed by atoms with Crippen LogP contribution in [0, 0.1) is 11.8 Å². The number of nitrogens with zero attached hydrogens (tertiary/aromatic N) is 2. The molecule has 6 saturated carbocycles. The molecule has 0 saturated heterocycles. The van der Waals surface area contributed by atoms with Crippen molar-refractivity contribution in [3.8, 4) is 0 Å². The molecular weight excluding hydrogens is 441 g/mol. The SMILES string of the molecule is O=C(COC1CC2C(C1)C2(F)F)NC12CC(c3nnc(C4(OC(F)(F)F)CCC4)o3)(C1)C2. The summed E-state index contributed by atoms with van der Waals surface area (Å²) in [6.07, 6.45) is -1.92. The minimum atomic E-state index is -4.79. The van der Waals surface area contributed by atoms with Crippen molar-refractivity contribution >= 4 is 5.91 Å². The standard InChI is InChI=1S/C20H22F5N3O4/c21-19(22)11-4-10(5-12(11)19)30-6-13(29)26-17-7-16(8-17,9-17)14-27-28-15(31-14)18(2-1-3-18)32-20(23,24)25/h10-12H,1-9H2,(H,26,29). The third kappa shape index (κ3) is 3.01. The maximum atomic E-state index is 13.2. The first-order chi connectivity index (χ1) is 14.9. The van der Waals surface area contributed by atoms with Crippen LogP contribution >= 0.6 is 0 Å². The van der Waals surface area contributed by atoms with E-state index in [1.807, 2.05) is 0 Å². The van der Waals surface area contributed by atoms with Gasteiger partial charge in [0, 0.05) is 17.4 Å². The first kappa shape index (κ1) is 20.8. The monoisotopic (exact) mass is 463 g/mol. The van der Waals surface area contributed by atoms with Crippen LogP contribution < -0.4 is 5.32 Å². The number of halogens is 5. The van der Waals surface area contributed by atoms with E-state index in [2.05, 4.69) is 20.3 Å². The lowest BCUT2D eigenvalue weighted by Gasteiger charge is -2.68. The third-order valence-corrected chi connectivity index (χ3v) is 8.02. The van der Waals surface area contributed by atoms with Crippen molar-refractivity contribution in [2.45, 2.75) is 86.3 Å². The van der Waals surface area contributed by atoms with Crippen LogP contribution in [0.1, 0.15) is 63.1 Å². The Kier molecular flexibility index (Phi) is 4.02. The van der Waals surface area contributed by atoms with Gasteiger partial charge in [0.1, 0.15) is 6.61 Å². The van der Waals surface area contributed by atoms with Crippen LogP contribution in [0.4, 0.5) is 22.0 Å². The van der Waals surface area contributed by atoms with E-state index < -0.39 is 40.7 Å². The van der Waals surface area contributed by atoms with Gasteiger partial charge in [0.05, 0.1) is 11.5 Å². The van der Waals surface area contributed by atoms with Crippen molar-refractivity contribution in [1.29, 1.82) is 0 Å². The van der Waals surface area contributed by atoms with Gasteiger partial charge in [-0.25, -0.2) is 8.78 Å². The summed E-state index contributed by atoms with van der Waals surface area (Å²) < 4.78 is 80.2. The van der Waals surface area contributed by atoms with Crippen LogP contribution in [-0.2, 0) is 25.3 Å². The second-order valence-corrected chi connectivity index (χ2v) is 10.2. The topological polar surface area (TPSA) is 86.5 Å². The molecule has 6 fully saturated rings. The normalized spacial score (nSPS) is 40.0. The van der Waals surface area contributed by atoms with E-state index >= 15 is 0 Å². The predicted molar refractivity (Wildman–Crippen MR) is 94.3 cm³/mol. The largest absolute Gasteiger partial charge is 0.523 e. The van der Waals surface area contributed by atoms with Gasteiger partial charge in [-0.05, 0) is 51.4 Å². The predicted octanol–water partition coefficient (Wildman–Crippen LogP) is 3.34. The second-order valence-electron chi connectivity index (χ2n) is 10.2. The Hall–Kier alpha value is -1.82. The number of carbonyl (C=O) groups excluding carboxylic acids is 1. The molecule has 7 rings (SSSR count). The van der Waals surface area contributed by atoms with E-state index in [1.54, 1.807) is 0 Å². The van der Waals surface area contributed by atoms with Gasteiger partial charge in [-0.15, -0.1) is 23.4 Å². The zero-order chi connectivity index (χ0) is 22.6. The van der Waals surface area contributed by atoms with Gasteiger partial charge in [0.2, 0.25) is 17.7 Å². The van der Waals surface area contributed by atoms with Crippen molar-refractivity contribution in [1.82, 2.24) is 15.5 Å². The number of nitrogens with one attached hydrogen (secondary N) is 1. The molecule has 6 aliphatic carbocycles. The molecule has 7 nitrogen and oxygen atoms in total. The summed E-state index contributed by atoms with van der Waals surface area (Å²) >= 11 is 0. The maximum absolute atomic E-state index is 13.2. The Morgan fingerprint density at radius 3 is 2.28 bits per heavy atom. The number of aromatic nitrogens is 2. The van der Waals surface area contributed by atoms with Crippen LogP contribution in [0.5, 0.6) is 0 Å². The van der Waals surface area contributed by atoms with Gasteiger partial charge in [-0.2, -0.15) is 0 Å². The Bertz CT molecular complexity index is 926. The maximum Gasteiger partial charge on any atom is 0.523 e. The summed E-state index contributed by atoms with van der Waals surface area (Å²) in [4.78, 5) is 12.2. The number of hydrogen-bond acceptors (Lipinski definition) is 6. The minimum absolute atomic E-state index is 0.146. The molecule has 2 unspecified atom stereocenters. The number of ether oxygens (including phenoxy) is 2. The Balaban J connectivity index is 1.00. The minimum Gasteiger partial charge on any atom is -0.421 e. The fourth-order valence-electron chi connectivity index (χ4n) is 6.28. The third-order valence-electron chi connectivity index (χ3n) is 8.02. The number of carbonyl (C=O) groups is 1. The average Bonchev–Trinajstić information content (AvgIpc) is 3.07. The first-order valence-electron chi connectivity index (χ1n) is 10.9. The van der Waals surface area contributed by atoms with Crippen molar-refractivity contribution in [3.63, 3.8) is 0 Å². The molecule has 12 heteroatoms. The lowest BCUT2D eigenvalue weighted by atomic mass is 9.39. The molecule has 2 atom stereocenters. The molecule has 0 radical (unpaired) electrons. The average molecular weight is 463 g/mol. The van der Waals surface area contributed by atoms with Gasteiger partial charge >= 0.3 is 6.36 Å².